The number of carbonyl (C=O) groups excluding carboxylic acids is 2. The lowest BCUT2D eigenvalue weighted by Crippen LogP contribution is -2.54. The van der Waals surface area contributed by atoms with Crippen LogP contribution in [0.4, 0.5) is 0 Å². The zero-order valence-corrected chi connectivity index (χ0v) is 12.3. The summed E-state index contributed by atoms with van der Waals surface area (Å²) in [6, 6.07) is 2.02. The number of nitrogens with one attached hydrogen (secondary N) is 1. The Hall–Kier alpha value is -1.91. The molecule has 1 aromatic rings. The van der Waals surface area contributed by atoms with E-state index in [0.717, 1.165) is 11.1 Å². The second kappa shape index (κ2) is 5.61. The van der Waals surface area contributed by atoms with Crippen LogP contribution in [-0.4, -0.2) is 33.8 Å². The molecule has 0 radical (unpaired) electrons. The van der Waals surface area contributed by atoms with E-state index >= 15 is 0 Å². The van der Waals surface area contributed by atoms with E-state index in [0.29, 0.717) is 25.9 Å². The number of hydrogen-bond acceptors (Lipinski definition) is 3. The molecule has 2 rings (SSSR count). The van der Waals surface area contributed by atoms with Crippen molar-refractivity contribution in [3.05, 3.63) is 29.6 Å². The highest BCUT2D eigenvalue weighted by atomic mass is 16.2. The summed E-state index contributed by atoms with van der Waals surface area (Å²) < 4.78 is 0. The molecule has 0 aliphatic carbocycles. The van der Waals surface area contributed by atoms with E-state index in [4.69, 9.17) is 0 Å². The van der Waals surface area contributed by atoms with Gasteiger partial charge < -0.3 is 10.2 Å². The van der Waals surface area contributed by atoms with Crippen molar-refractivity contribution in [1.82, 2.24) is 15.2 Å². The van der Waals surface area contributed by atoms with E-state index in [2.05, 4.69) is 10.3 Å². The quantitative estimate of drug-likeness (QED) is 0.907. The molecular weight excluding hydrogens is 254 g/mol. The van der Waals surface area contributed by atoms with Crippen LogP contribution in [0.3, 0.4) is 0 Å². The van der Waals surface area contributed by atoms with Gasteiger partial charge in [-0.2, -0.15) is 0 Å². The molecule has 1 saturated heterocycles. The fourth-order valence-corrected chi connectivity index (χ4v) is 2.43. The van der Waals surface area contributed by atoms with Gasteiger partial charge in [-0.25, -0.2) is 0 Å². The van der Waals surface area contributed by atoms with Crippen LogP contribution in [0, 0.1) is 6.92 Å². The molecule has 1 aliphatic heterocycles. The van der Waals surface area contributed by atoms with E-state index in [1.165, 1.54) is 0 Å². The molecule has 1 atom stereocenters. The minimum absolute atomic E-state index is 0.0210. The lowest BCUT2D eigenvalue weighted by Gasteiger charge is -2.31. The number of carbonyl (C=O) groups is 2. The lowest BCUT2D eigenvalue weighted by atomic mass is 9.97. The van der Waals surface area contributed by atoms with E-state index in [-0.39, 0.29) is 11.8 Å². The Balaban J connectivity index is 2.22. The molecule has 1 aromatic heterocycles. The van der Waals surface area contributed by atoms with Crippen molar-refractivity contribution < 1.29 is 9.59 Å². The highest BCUT2D eigenvalue weighted by Gasteiger charge is 2.38. The predicted molar refractivity (Wildman–Crippen MR) is 75.8 cm³/mol. The van der Waals surface area contributed by atoms with Crippen LogP contribution >= 0.6 is 0 Å². The largest absolute Gasteiger partial charge is 0.342 e. The Kier molecular flexibility index (Phi) is 4.06. The van der Waals surface area contributed by atoms with Gasteiger partial charge in [0.2, 0.25) is 11.8 Å². The number of aromatic nitrogens is 1. The van der Waals surface area contributed by atoms with E-state index in [9.17, 15) is 9.59 Å². The van der Waals surface area contributed by atoms with Gasteiger partial charge in [0.25, 0.3) is 0 Å². The van der Waals surface area contributed by atoms with Crippen LogP contribution in [-0.2, 0) is 16.1 Å². The minimum atomic E-state index is -0.801. The highest BCUT2D eigenvalue weighted by molar-refractivity contribution is 5.93. The maximum absolute atomic E-state index is 12.6. The first-order valence-corrected chi connectivity index (χ1v) is 6.95. The van der Waals surface area contributed by atoms with Crippen LogP contribution in [0.5, 0.6) is 0 Å². The Morgan fingerprint density at radius 3 is 2.80 bits per heavy atom. The molecule has 1 unspecified atom stereocenters. The van der Waals surface area contributed by atoms with Gasteiger partial charge in [-0.15, -0.1) is 0 Å². The molecule has 2 amide bonds. The van der Waals surface area contributed by atoms with E-state index in [1.54, 1.807) is 24.2 Å². The van der Waals surface area contributed by atoms with Crippen LogP contribution in [0.15, 0.2) is 18.5 Å². The third kappa shape index (κ3) is 2.98. The second-order valence-electron chi connectivity index (χ2n) is 5.58. The summed E-state index contributed by atoms with van der Waals surface area (Å²) >= 11 is 0. The maximum atomic E-state index is 12.6. The van der Waals surface area contributed by atoms with Crippen LogP contribution < -0.4 is 5.32 Å². The molecule has 2 heterocycles. The average Bonchev–Trinajstić information content (AvgIpc) is 2.51. The Morgan fingerprint density at radius 1 is 1.40 bits per heavy atom. The molecule has 1 aliphatic rings. The topological polar surface area (TPSA) is 62.3 Å². The van der Waals surface area contributed by atoms with E-state index < -0.39 is 5.54 Å². The Labute approximate surface area is 119 Å². The van der Waals surface area contributed by atoms with Crippen LogP contribution in [0.1, 0.15) is 37.8 Å². The van der Waals surface area contributed by atoms with Gasteiger partial charge in [-0.05, 0) is 31.4 Å². The summed E-state index contributed by atoms with van der Waals surface area (Å²) in [6.07, 6.45) is 4.49. The number of amides is 2. The van der Waals surface area contributed by atoms with Crippen molar-refractivity contribution in [2.75, 3.05) is 6.54 Å². The fourth-order valence-electron chi connectivity index (χ4n) is 2.43. The molecule has 20 heavy (non-hydrogen) atoms. The fraction of sp³-hybridized carbons (Fsp3) is 0.533. The van der Waals surface area contributed by atoms with Crippen molar-refractivity contribution in [3.8, 4) is 0 Å². The summed E-state index contributed by atoms with van der Waals surface area (Å²) in [7, 11) is 0. The lowest BCUT2D eigenvalue weighted by molar-refractivity contribution is -0.138. The first-order chi connectivity index (χ1) is 9.44. The molecule has 0 saturated carbocycles. The standard InChI is InChI=1S/C15H21N3O2/c1-4-15(3)14(20)18(6-5-13(19)17-15)10-12-7-11(2)8-16-9-12/h7-9H,4-6,10H2,1-3H3,(H,17,19). The molecule has 0 bridgehead atoms. The SMILES string of the molecule is CCC1(C)NC(=O)CCN(Cc2cncc(C)c2)C1=O. The molecule has 0 aromatic carbocycles. The first-order valence-electron chi connectivity index (χ1n) is 6.95. The summed E-state index contributed by atoms with van der Waals surface area (Å²) in [5, 5.41) is 2.84. The van der Waals surface area contributed by atoms with Crippen molar-refractivity contribution in [1.29, 1.82) is 0 Å². The van der Waals surface area contributed by atoms with E-state index in [1.807, 2.05) is 19.9 Å². The van der Waals surface area contributed by atoms with Crippen LogP contribution in [0.25, 0.3) is 0 Å². The average molecular weight is 275 g/mol. The summed E-state index contributed by atoms with van der Waals surface area (Å²) in [4.78, 5) is 30.3. The van der Waals surface area contributed by atoms with Gasteiger partial charge in [0, 0.05) is 31.9 Å². The van der Waals surface area contributed by atoms with Gasteiger partial charge in [-0.3, -0.25) is 14.6 Å². The van der Waals surface area contributed by atoms with Crippen LogP contribution in [0.2, 0.25) is 0 Å². The Bertz CT molecular complexity index is 530. The van der Waals surface area contributed by atoms with Crippen molar-refractivity contribution in [2.45, 2.75) is 45.7 Å². The highest BCUT2D eigenvalue weighted by Crippen LogP contribution is 2.19. The molecule has 0 spiro atoms. The molecular formula is C15H21N3O2. The predicted octanol–water partition coefficient (Wildman–Crippen LogP) is 1.41. The molecule has 1 N–H and O–H groups in total. The molecule has 108 valence electrons. The smallest absolute Gasteiger partial charge is 0.248 e. The Morgan fingerprint density at radius 2 is 2.15 bits per heavy atom. The molecule has 1 fully saturated rings. The zero-order chi connectivity index (χ0) is 14.8. The summed E-state index contributed by atoms with van der Waals surface area (Å²) in [5.74, 6) is -0.0834. The van der Waals surface area contributed by atoms with Gasteiger partial charge in [0.15, 0.2) is 0 Å². The zero-order valence-electron chi connectivity index (χ0n) is 12.3. The summed E-state index contributed by atoms with van der Waals surface area (Å²) in [5.41, 5.74) is 1.26. The number of nitrogens with zero attached hydrogens (tertiary/aromatic N) is 2. The number of hydrogen-bond donors (Lipinski definition) is 1. The number of aryl methyl sites for hydroxylation is 1. The third-order valence-electron chi connectivity index (χ3n) is 3.80. The van der Waals surface area contributed by atoms with Gasteiger partial charge in [0.1, 0.15) is 5.54 Å². The van der Waals surface area contributed by atoms with Crippen molar-refractivity contribution in [3.63, 3.8) is 0 Å². The van der Waals surface area contributed by atoms with Gasteiger partial charge >= 0.3 is 0 Å². The monoisotopic (exact) mass is 275 g/mol. The number of rotatable bonds is 3. The van der Waals surface area contributed by atoms with Crippen molar-refractivity contribution in [2.24, 2.45) is 0 Å². The molecule has 5 nitrogen and oxygen atoms in total. The normalized spacial score (nSPS) is 23.4. The van der Waals surface area contributed by atoms with Crippen molar-refractivity contribution >= 4 is 11.8 Å². The summed E-state index contributed by atoms with van der Waals surface area (Å²) in [6.45, 7) is 6.63. The molecule has 5 heteroatoms. The maximum Gasteiger partial charge on any atom is 0.248 e. The third-order valence-corrected chi connectivity index (χ3v) is 3.80. The van der Waals surface area contributed by atoms with Gasteiger partial charge in [0.05, 0.1) is 0 Å². The second-order valence-corrected chi connectivity index (χ2v) is 5.58. The first kappa shape index (κ1) is 14.5. The number of pyridine rings is 1. The minimum Gasteiger partial charge on any atom is -0.342 e. The van der Waals surface area contributed by atoms with Gasteiger partial charge in [-0.1, -0.05) is 13.0 Å².